The molecule has 0 aliphatic carbocycles. The van der Waals surface area contributed by atoms with E-state index in [0.29, 0.717) is 28.2 Å². The monoisotopic (exact) mass is 442 g/mol. The maximum atomic E-state index is 13.4. The van der Waals surface area contributed by atoms with Gasteiger partial charge in [-0.15, -0.1) is 0 Å². The number of aryl methyl sites for hydroxylation is 1. The number of nitrogens with zero attached hydrogens (tertiary/aromatic N) is 3. The van der Waals surface area contributed by atoms with Crippen LogP contribution in [0.1, 0.15) is 26.3 Å². The Morgan fingerprint density at radius 1 is 0.970 bits per heavy atom. The molecule has 2 amide bonds. The number of carbonyl (C=O) groups is 2. The molecule has 0 atom stereocenters. The molecule has 3 aromatic carbocycles. The zero-order valence-corrected chi connectivity index (χ0v) is 18.5. The van der Waals surface area contributed by atoms with Crippen LogP contribution < -0.4 is 5.32 Å². The molecule has 0 aliphatic heterocycles. The average molecular weight is 442 g/mol. The molecule has 1 heterocycles. The lowest BCUT2D eigenvalue weighted by Gasteiger charge is -2.11. The van der Waals surface area contributed by atoms with Gasteiger partial charge in [0.1, 0.15) is 11.5 Å². The van der Waals surface area contributed by atoms with Crippen molar-refractivity contribution in [2.45, 2.75) is 6.92 Å². The van der Waals surface area contributed by atoms with Gasteiger partial charge in [-0.25, -0.2) is 9.07 Å². The first-order chi connectivity index (χ1) is 15.8. The van der Waals surface area contributed by atoms with E-state index in [-0.39, 0.29) is 17.6 Å². The first-order valence-electron chi connectivity index (χ1n) is 10.4. The van der Waals surface area contributed by atoms with E-state index < -0.39 is 0 Å². The number of hydrogen-bond acceptors (Lipinski definition) is 3. The molecule has 0 saturated carbocycles. The van der Waals surface area contributed by atoms with Crippen LogP contribution in [-0.2, 0) is 0 Å². The summed E-state index contributed by atoms with van der Waals surface area (Å²) in [5.41, 5.74) is 4.32. The Balaban J connectivity index is 1.71. The number of rotatable bonds is 5. The Bertz CT molecular complexity index is 1310. The zero-order chi connectivity index (χ0) is 23.5. The third kappa shape index (κ3) is 4.82. The second-order valence-electron chi connectivity index (χ2n) is 7.91. The second-order valence-corrected chi connectivity index (χ2v) is 7.91. The van der Waals surface area contributed by atoms with E-state index >= 15 is 0 Å². The fourth-order valence-corrected chi connectivity index (χ4v) is 3.38. The summed E-state index contributed by atoms with van der Waals surface area (Å²) in [4.78, 5) is 27.0. The van der Waals surface area contributed by atoms with Crippen molar-refractivity contribution in [3.05, 3.63) is 102 Å². The predicted octanol–water partition coefficient (Wildman–Crippen LogP) is 4.94. The molecule has 1 aromatic heterocycles. The van der Waals surface area contributed by atoms with Gasteiger partial charge in [-0.2, -0.15) is 5.10 Å². The van der Waals surface area contributed by atoms with Crippen LogP contribution in [0.5, 0.6) is 0 Å². The van der Waals surface area contributed by atoms with Crippen molar-refractivity contribution in [1.82, 2.24) is 14.7 Å². The lowest BCUT2D eigenvalue weighted by Crippen LogP contribution is -2.22. The van der Waals surface area contributed by atoms with E-state index in [0.717, 1.165) is 11.1 Å². The molecule has 6 nitrogen and oxygen atoms in total. The lowest BCUT2D eigenvalue weighted by molar-refractivity contribution is 0.0827. The maximum absolute atomic E-state index is 13.4. The van der Waals surface area contributed by atoms with Crippen LogP contribution in [0.3, 0.4) is 0 Å². The Morgan fingerprint density at radius 3 is 2.33 bits per heavy atom. The Labute approximate surface area is 191 Å². The summed E-state index contributed by atoms with van der Waals surface area (Å²) in [5, 5.41) is 7.48. The molecule has 7 heteroatoms. The minimum absolute atomic E-state index is 0.157. The van der Waals surface area contributed by atoms with E-state index in [9.17, 15) is 14.0 Å². The van der Waals surface area contributed by atoms with Crippen LogP contribution in [0.25, 0.3) is 16.9 Å². The van der Waals surface area contributed by atoms with Crippen LogP contribution in [0, 0.1) is 12.7 Å². The summed E-state index contributed by atoms with van der Waals surface area (Å²) in [6.45, 7) is 1.98. The van der Waals surface area contributed by atoms with Gasteiger partial charge in [0.05, 0.1) is 11.3 Å². The van der Waals surface area contributed by atoms with Crippen LogP contribution >= 0.6 is 0 Å². The number of carbonyl (C=O) groups excluding carboxylic acids is 2. The summed E-state index contributed by atoms with van der Waals surface area (Å²) in [6, 6.07) is 20.4. The average Bonchev–Trinajstić information content (AvgIpc) is 3.25. The standard InChI is InChI=1S/C26H23FN4O2/c1-17-7-9-18(10-8-17)24-23(16-31(29-24)22-13-11-20(27)12-14-22)25(32)28-21-6-4-5-19(15-21)26(33)30(2)3/h4-16H,1-3H3,(H,28,32). The molecule has 33 heavy (non-hydrogen) atoms. The van der Waals surface area contributed by atoms with Gasteiger partial charge >= 0.3 is 0 Å². The SMILES string of the molecule is Cc1ccc(-c2nn(-c3ccc(F)cc3)cc2C(=O)Nc2cccc(C(=O)N(C)C)c2)cc1. The number of anilines is 1. The largest absolute Gasteiger partial charge is 0.345 e. The molecule has 0 saturated heterocycles. The minimum Gasteiger partial charge on any atom is -0.345 e. The molecular weight excluding hydrogens is 419 g/mol. The Kier molecular flexibility index (Phi) is 6.04. The van der Waals surface area contributed by atoms with Gasteiger partial charge < -0.3 is 10.2 Å². The van der Waals surface area contributed by atoms with Crippen molar-refractivity contribution in [2.24, 2.45) is 0 Å². The molecule has 0 fully saturated rings. The minimum atomic E-state index is -0.367. The topological polar surface area (TPSA) is 67.2 Å². The molecule has 0 aliphatic rings. The van der Waals surface area contributed by atoms with Crippen molar-refractivity contribution in [3.8, 4) is 16.9 Å². The highest BCUT2D eigenvalue weighted by atomic mass is 19.1. The summed E-state index contributed by atoms with van der Waals surface area (Å²) < 4.78 is 14.9. The zero-order valence-electron chi connectivity index (χ0n) is 18.5. The van der Waals surface area contributed by atoms with Crippen molar-refractivity contribution < 1.29 is 14.0 Å². The number of hydrogen-bond donors (Lipinski definition) is 1. The van der Waals surface area contributed by atoms with Crippen LogP contribution in [0.4, 0.5) is 10.1 Å². The quantitative estimate of drug-likeness (QED) is 0.476. The normalized spacial score (nSPS) is 10.7. The highest BCUT2D eigenvalue weighted by Gasteiger charge is 2.19. The molecule has 4 rings (SSSR count). The molecule has 0 bridgehead atoms. The van der Waals surface area contributed by atoms with Crippen molar-refractivity contribution in [3.63, 3.8) is 0 Å². The Morgan fingerprint density at radius 2 is 1.67 bits per heavy atom. The Hall–Kier alpha value is -4.26. The van der Waals surface area contributed by atoms with Crippen molar-refractivity contribution in [2.75, 3.05) is 19.4 Å². The molecule has 1 N–H and O–H groups in total. The van der Waals surface area contributed by atoms with Gasteiger partial charge in [0, 0.05) is 37.1 Å². The van der Waals surface area contributed by atoms with Gasteiger partial charge in [0.2, 0.25) is 0 Å². The van der Waals surface area contributed by atoms with E-state index in [1.807, 2.05) is 31.2 Å². The van der Waals surface area contributed by atoms with Gasteiger partial charge in [-0.05, 0) is 49.4 Å². The van der Waals surface area contributed by atoms with Crippen LogP contribution in [0.15, 0.2) is 79.0 Å². The molecule has 4 aromatic rings. The van der Waals surface area contributed by atoms with Gasteiger partial charge in [-0.1, -0.05) is 35.9 Å². The van der Waals surface area contributed by atoms with E-state index in [2.05, 4.69) is 10.4 Å². The third-order valence-electron chi connectivity index (χ3n) is 5.15. The number of benzene rings is 3. The van der Waals surface area contributed by atoms with Crippen LogP contribution in [-0.4, -0.2) is 40.6 Å². The summed E-state index contributed by atoms with van der Waals surface area (Å²) >= 11 is 0. The third-order valence-corrected chi connectivity index (χ3v) is 5.15. The van der Waals surface area contributed by atoms with E-state index in [4.69, 9.17) is 0 Å². The fourth-order valence-electron chi connectivity index (χ4n) is 3.38. The maximum Gasteiger partial charge on any atom is 0.259 e. The fraction of sp³-hybridized carbons (Fsp3) is 0.115. The number of amides is 2. The van der Waals surface area contributed by atoms with Gasteiger partial charge in [0.15, 0.2) is 0 Å². The molecule has 0 radical (unpaired) electrons. The highest BCUT2D eigenvalue weighted by Crippen LogP contribution is 2.25. The van der Waals surface area contributed by atoms with E-state index in [1.165, 1.54) is 17.0 Å². The first-order valence-corrected chi connectivity index (χ1v) is 10.4. The molecular formula is C26H23FN4O2. The van der Waals surface area contributed by atoms with Gasteiger partial charge in [0.25, 0.3) is 11.8 Å². The first kappa shape index (κ1) is 22.0. The highest BCUT2D eigenvalue weighted by molar-refractivity contribution is 6.08. The predicted molar refractivity (Wildman–Crippen MR) is 126 cm³/mol. The second kappa shape index (κ2) is 9.08. The smallest absolute Gasteiger partial charge is 0.259 e. The van der Waals surface area contributed by atoms with Crippen LogP contribution in [0.2, 0.25) is 0 Å². The lowest BCUT2D eigenvalue weighted by atomic mass is 10.1. The number of nitrogens with one attached hydrogen (secondary N) is 1. The molecule has 0 unspecified atom stereocenters. The van der Waals surface area contributed by atoms with Crippen molar-refractivity contribution >= 4 is 17.5 Å². The van der Waals surface area contributed by atoms with E-state index in [1.54, 1.807) is 61.4 Å². The van der Waals surface area contributed by atoms with Crippen molar-refractivity contribution in [1.29, 1.82) is 0 Å². The summed E-state index contributed by atoms with van der Waals surface area (Å²) in [6.07, 6.45) is 1.62. The van der Waals surface area contributed by atoms with Gasteiger partial charge in [-0.3, -0.25) is 9.59 Å². The number of halogens is 1. The summed E-state index contributed by atoms with van der Waals surface area (Å²) in [7, 11) is 3.34. The molecule has 166 valence electrons. The number of aromatic nitrogens is 2. The molecule has 0 spiro atoms. The summed E-state index contributed by atoms with van der Waals surface area (Å²) in [5.74, 6) is -0.876.